The fraction of sp³-hybridized carbons (Fsp3) is 0.714. The van der Waals surface area contributed by atoms with E-state index in [1.165, 1.54) is 16.2 Å². The molecule has 3 N–H and O–H groups in total. The Kier molecular flexibility index (Phi) is 6.37. The molecule has 0 saturated carbocycles. The monoisotopic (exact) mass is 350 g/mol. The Balaban J connectivity index is 1.65. The molecule has 9 heteroatoms. The number of nitrogens with one attached hydrogen (secondary N) is 1. The quantitative estimate of drug-likeness (QED) is 0.823. The highest BCUT2D eigenvalue weighted by molar-refractivity contribution is 7.09. The third-order valence-corrected chi connectivity index (χ3v) is 4.78. The van der Waals surface area contributed by atoms with Gasteiger partial charge >= 0.3 is 6.18 Å². The van der Waals surface area contributed by atoms with E-state index in [1.807, 2.05) is 0 Å². The lowest BCUT2D eigenvalue weighted by Gasteiger charge is -2.32. The van der Waals surface area contributed by atoms with Crippen molar-refractivity contribution in [3.8, 4) is 0 Å². The van der Waals surface area contributed by atoms with Gasteiger partial charge in [0.1, 0.15) is 10.7 Å². The summed E-state index contributed by atoms with van der Waals surface area (Å²) < 4.78 is 36.9. The molecule has 5 nitrogen and oxygen atoms in total. The lowest BCUT2D eigenvalue weighted by molar-refractivity contribution is -0.148. The number of nitrogens with two attached hydrogens (primary N) is 1. The van der Waals surface area contributed by atoms with Crippen molar-refractivity contribution in [2.45, 2.75) is 32.0 Å². The molecule has 1 saturated heterocycles. The van der Waals surface area contributed by atoms with Gasteiger partial charge in [0.25, 0.3) is 5.91 Å². The second kappa shape index (κ2) is 8.07. The van der Waals surface area contributed by atoms with Crippen molar-refractivity contribution in [1.82, 2.24) is 15.2 Å². The van der Waals surface area contributed by atoms with E-state index < -0.39 is 12.7 Å². The topological polar surface area (TPSA) is 71.2 Å². The number of carbonyl (C=O) groups is 1. The molecule has 0 spiro atoms. The Labute approximate surface area is 137 Å². The van der Waals surface area contributed by atoms with Crippen molar-refractivity contribution in [3.63, 3.8) is 0 Å². The summed E-state index contributed by atoms with van der Waals surface area (Å²) >= 11 is 1.35. The number of aromatic nitrogens is 1. The number of amides is 1. The molecule has 1 aliphatic heterocycles. The molecule has 0 atom stereocenters. The number of rotatable bonds is 6. The minimum atomic E-state index is -4.13. The van der Waals surface area contributed by atoms with Gasteiger partial charge < -0.3 is 11.1 Å². The summed E-state index contributed by atoms with van der Waals surface area (Å²) in [6.45, 7) is 0.921. The molecule has 1 aliphatic rings. The third kappa shape index (κ3) is 6.08. The minimum absolute atomic E-state index is 0.226. The van der Waals surface area contributed by atoms with Crippen LogP contribution in [0.3, 0.4) is 0 Å². The Hall–Kier alpha value is -1.19. The number of hydrogen-bond donors (Lipinski definition) is 2. The van der Waals surface area contributed by atoms with E-state index in [0.29, 0.717) is 42.8 Å². The zero-order valence-electron chi connectivity index (χ0n) is 12.7. The molecule has 1 amide bonds. The van der Waals surface area contributed by atoms with Crippen LogP contribution >= 0.6 is 11.3 Å². The first-order chi connectivity index (χ1) is 10.9. The summed E-state index contributed by atoms with van der Waals surface area (Å²) in [6, 6.07) is 0. The Morgan fingerprint density at radius 2 is 2.13 bits per heavy atom. The molecule has 2 heterocycles. The summed E-state index contributed by atoms with van der Waals surface area (Å²) in [6.07, 6.45) is -1.88. The lowest BCUT2D eigenvalue weighted by atomic mass is 9.93. The molecule has 0 aromatic carbocycles. The molecule has 1 fully saturated rings. The molecule has 130 valence electrons. The Morgan fingerprint density at radius 1 is 1.43 bits per heavy atom. The zero-order valence-corrected chi connectivity index (χ0v) is 13.6. The third-order valence-electron chi connectivity index (χ3n) is 3.91. The molecule has 0 bridgehead atoms. The fourth-order valence-corrected chi connectivity index (χ4v) is 3.33. The first-order valence-corrected chi connectivity index (χ1v) is 8.47. The molecule has 1 aromatic heterocycles. The molecule has 1 aromatic rings. The van der Waals surface area contributed by atoms with Gasteiger partial charge in [0, 0.05) is 18.5 Å². The highest BCUT2D eigenvalue weighted by Gasteiger charge is 2.32. The Morgan fingerprint density at radius 3 is 2.70 bits per heavy atom. The van der Waals surface area contributed by atoms with Gasteiger partial charge in [0.05, 0.1) is 6.54 Å². The lowest BCUT2D eigenvalue weighted by Crippen LogP contribution is -2.40. The van der Waals surface area contributed by atoms with Crippen LogP contribution in [0.5, 0.6) is 0 Å². The van der Waals surface area contributed by atoms with E-state index in [9.17, 15) is 18.0 Å². The van der Waals surface area contributed by atoms with Crippen LogP contribution in [-0.4, -0.2) is 48.1 Å². The fourth-order valence-electron chi connectivity index (χ4n) is 2.68. The minimum Gasteiger partial charge on any atom is -0.351 e. The maximum absolute atomic E-state index is 12.3. The van der Waals surface area contributed by atoms with Crippen LogP contribution in [0.1, 0.15) is 34.8 Å². The van der Waals surface area contributed by atoms with Crippen molar-refractivity contribution in [3.05, 3.63) is 16.1 Å². The normalized spacial score (nSPS) is 17.4. The highest BCUT2D eigenvalue weighted by Crippen LogP contribution is 2.24. The number of alkyl halides is 3. The van der Waals surface area contributed by atoms with E-state index in [1.54, 1.807) is 5.38 Å². The van der Waals surface area contributed by atoms with Gasteiger partial charge in [-0.15, -0.1) is 11.3 Å². The smallest absolute Gasteiger partial charge is 0.351 e. The summed E-state index contributed by atoms with van der Waals surface area (Å²) in [7, 11) is 0. The van der Waals surface area contributed by atoms with E-state index in [4.69, 9.17) is 5.73 Å². The van der Waals surface area contributed by atoms with Crippen LogP contribution in [0.25, 0.3) is 0 Å². The predicted octanol–water partition coefficient (Wildman–Crippen LogP) is 2.00. The number of piperidine rings is 1. The van der Waals surface area contributed by atoms with Gasteiger partial charge in [-0.3, -0.25) is 9.69 Å². The van der Waals surface area contributed by atoms with Crippen LogP contribution in [0, 0.1) is 5.92 Å². The summed E-state index contributed by atoms with van der Waals surface area (Å²) in [5.41, 5.74) is 5.82. The maximum Gasteiger partial charge on any atom is 0.401 e. The van der Waals surface area contributed by atoms with Crippen LogP contribution in [0.15, 0.2) is 5.38 Å². The second-order valence-corrected chi connectivity index (χ2v) is 6.65. The number of halogens is 3. The van der Waals surface area contributed by atoms with Crippen molar-refractivity contribution in [1.29, 1.82) is 0 Å². The van der Waals surface area contributed by atoms with Gasteiger partial charge in [0.2, 0.25) is 0 Å². The highest BCUT2D eigenvalue weighted by atomic mass is 32.1. The molecule has 23 heavy (non-hydrogen) atoms. The number of hydrogen-bond acceptors (Lipinski definition) is 5. The zero-order chi connectivity index (χ0) is 16.9. The van der Waals surface area contributed by atoms with E-state index in [2.05, 4.69) is 10.3 Å². The predicted molar refractivity (Wildman–Crippen MR) is 82.2 cm³/mol. The SMILES string of the molecule is NCc1nc(C(=O)NCCC2CCN(CC(F)(F)F)CC2)cs1. The largest absolute Gasteiger partial charge is 0.401 e. The summed E-state index contributed by atoms with van der Waals surface area (Å²) in [5, 5.41) is 5.19. The molecule has 0 radical (unpaired) electrons. The van der Waals surface area contributed by atoms with E-state index in [-0.39, 0.29) is 5.91 Å². The standard InChI is InChI=1S/C14H21F3N4OS/c15-14(16,17)9-21-5-2-10(3-6-21)1-4-19-13(22)11-8-23-12(7-18)20-11/h8,10H,1-7,9,18H2,(H,19,22). The number of carbonyl (C=O) groups excluding carboxylic acids is 1. The average molecular weight is 350 g/mol. The van der Waals surface area contributed by atoms with E-state index >= 15 is 0 Å². The first kappa shape index (κ1) is 18.2. The van der Waals surface area contributed by atoms with Crippen LogP contribution in [-0.2, 0) is 6.54 Å². The first-order valence-electron chi connectivity index (χ1n) is 7.59. The van der Waals surface area contributed by atoms with Crippen molar-refractivity contribution in [2.24, 2.45) is 11.7 Å². The number of thiazole rings is 1. The van der Waals surface area contributed by atoms with Crippen molar-refractivity contribution in [2.75, 3.05) is 26.2 Å². The van der Waals surface area contributed by atoms with Gasteiger partial charge in [-0.25, -0.2) is 4.98 Å². The van der Waals surface area contributed by atoms with E-state index in [0.717, 1.165) is 19.3 Å². The Bertz CT molecular complexity index is 512. The number of nitrogens with zero attached hydrogens (tertiary/aromatic N) is 2. The molecule has 0 aliphatic carbocycles. The van der Waals surface area contributed by atoms with Gasteiger partial charge in [0.15, 0.2) is 0 Å². The van der Waals surface area contributed by atoms with Gasteiger partial charge in [-0.2, -0.15) is 13.2 Å². The summed E-state index contributed by atoms with van der Waals surface area (Å²) in [4.78, 5) is 17.4. The van der Waals surface area contributed by atoms with Gasteiger partial charge in [-0.05, 0) is 38.3 Å². The van der Waals surface area contributed by atoms with Crippen molar-refractivity contribution >= 4 is 17.2 Å². The van der Waals surface area contributed by atoms with Crippen LogP contribution < -0.4 is 11.1 Å². The van der Waals surface area contributed by atoms with Crippen LogP contribution in [0.2, 0.25) is 0 Å². The molecule has 2 rings (SSSR count). The molecular weight excluding hydrogens is 329 g/mol. The average Bonchev–Trinajstić information content (AvgIpc) is 2.96. The van der Waals surface area contributed by atoms with Crippen LogP contribution in [0.4, 0.5) is 13.2 Å². The van der Waals surface area contributed by atoms with Crippen molar-refractivity contribution < 1.29 is 18.0 Å². The molecule has 0 unspecified atom stereocenters. The summed E-state index contributed by atoms with van der Waals surface area (Å²) in [5.74, 6) is 0.130. The maximum atomic E-state index is 12.3. The number of likely N-dealkylation sites (tertiary alicyclic amines) is 1. The van der Waals surface area contributed by atoms with Gasteiger partial charge in [-0.1, -0.05) is 0 Å². The molecular formula is C14H21F3N4OS. The second-order valence-electron chi connectivity index (χ2n) is 5.71.